The van der Waals surface area contributed by atoms with Crippen molar-refractivity contribution < 1.29 is 9.66 Å². The number of benzene rings is 2. The summed E-state index contributed by atoms with van der Waals surface area (Å²) >= 11 is 3.07. The van der Waals surface area contributed by atoms with E-state index in [2.05, 4.69) is 81.1 Å². The van der Waals surface area contributed by atoms with Gasteiger partial charge in [0.25, 0.3) is 6.20 Å². The number of unbranched alkanes of at least 4 members (excludes halogenated alkanes) is 4. The third-order valence-corrected chi connectivity index (χ3v) is 8.58. The molecule has 3 rings (SSSR count). The summed E-state index contributed by atoms with van der Waals surface area (Å²) in [6, 6.07) is 20.7. The smallest absolute Gasteiger partial charge is 0.274 e. The number of nitrogens with one attached hydrogen (secondary N) is 2. The molecular weight excluding hydrogens is 609 g/mol. The molecule has 0 amide bonds. The van der Waals surface area contributed by atoms with Gasteiger partial charge >= 0.3 is 0 Å². The highest BCUT2D eigenvalue weighted by Gasteiger charge is 2.14. The summed E-state index contributed by atoms with van der Waals surface area (Å²) in [6.07, 6.45) is 6.38. The van der Waals surface area contributed by atoms with E-state index in [-0.39, 0.29) is 12.1 Å². The molecule has 0 unspecified atom stereocenters. The van der Waals surface area contributed by atoms with Crippen LogP contribution in [0, 0.1) is 10.1 Å². The van der Waals surface area contributed by atoms with E-state index in [4.69, 9.17) is 16.2 Å². The Morgan fingerprint density at radius 1 is 1.02 bits per heavy atom. The highest BCUT2D eigenvalue weighted by Crippen LogP contribution is 2.25. The first kappa shape index (κ1) is 35.8. The summed E-state index contributed by atoms with van der Waals surface area (Å²) in [7, 11) is 2.14. The van der Waals surface area contributed by atoms with E-state index in [9.17, 15) is 10.1 Å². The molecular formula is C32H46N8O3S2. The predicted octanol–water partition coefficient (Wildman–Crippen LogP) is 5.22. The number of rotatable bonds is 23. The first-order valence-electron chi connectivity index (χ1n) is 15.3. The lowest BCUT2D eigenvalue weighted by Gasteiger charge is -2.22. The molecule has 11 nitrogen and oxygen atoms in total. The molecule has 0 radical (unpaired) electrons. The van der Waals surface area contributed by atoms with Crippen molar-refractivity contribution in [1.29, 1.82) is 0 Å². The maximum Gasteiger partial charge on any atom is 0.274 e. The second-order valence-corrected chi connectivity index (χ2v) is 12.5. The van der Waals surface area contributed by atoms with Gasteiger partial charge in [-0.25, -0.2) is 4.98 Å². The average Bonchev–Trinajstić information content (AvgIpc) is 3.47. The SMILES string of the molecule is CN(CCCCCCCN/C(=C/[N+](=O)[O-])NCCSCc1csc(N=C(N)N)n1)CCOC(c1ccccc1)c1ccccc1. The fourth-order valence-corrected chi connectivity index (χ4v) is 6.12. The zero-order valence-corrected chi connectivity index (χ0v) is 27.6. The fourth-order valence-electron chi connectivity index (χ4n) is 4.56. The number of aliphatic imine (C=N–C) groups is 1. The molecule has 0 saturated heterocycles. The van der Waals surface area contributed by atoms with Gasteiger partial charge in [0, 0.05) is 36.5 Å². The Labute approximate surface area is 274 Å². The van der Waals surface area contributed by atoms with E-state index >= 15 is 0 Å². The molecule has 1 heterocycles. The first-order valence-corrected chi connectivity index (χ1v) is 17.3. The molecule has 0 spiro atoms. The molecule has 45 heavy (non-hydrogen) atoms. The zero-order valence-electron chi connectivity index (χ0n) is 26.0. The summed E-state index contributed by atoms with van der Waals surface area (Å²) in [5.41, 5.74) is 14.0. The number of guanidine groups is 1. The molecule has 244 valence electrons. The number of ether oxygens (including phenoxy) is 1. The van der Waals surface area contributed by atoms with Crippen LogP contribution in [0.3, 0.4) is 0 Å². The molecule has 0 saturated carbocycles. The van der Waals surface area contributed by atoms with Crippen molar-refractivity contribution in [3.8, 4) is 0 Å². The van der Waals surface area contributed by atoms with Crippen molar-refractivity contribution >= 4 is 34.2 Å². The predicted molar refractivity (Wildman–Crippen MR) is 186 cm³/mol. The minimum atomic E-state index is -0.437. The average molecular weight is 655 g/mol. The molecule has 6 N–H and O–H groups in total. The largest absolute Gasteiger partial charge is 0.370 e. The maximum atomic E-state index is 11.1. The third-order valence-electron chi connectivity index (χ3n) is 6.80. The van der Waals surface area contributed by atoms with Crippen LogP contribution in [0.1, 0.15) is 55.0 Å². The number of nitrogens with zero attached hydrogens (tertiary/aromatic N) is 4. The standard InChI is InChI=1S/C32H46N8O3S2/c1-39(20-21-43-30(26-13-7-5-8-14-26)27-15-9-6-10-16-27)19-12-4-2-3-11-17-35-29(23-40(41)42)36-18-22-44-24-28-25-45-32(37-28)38-31(33)34/h5-10,13-16,23,25,30,35-36H,2-4,11-12,17-22,24H2,1H3,(H4,33,34,37,38)/b29-23-. The van der Waals surface area contributed by atoms with Crippen molar-refractivity contribution in [2.45, 2.75) is 44.0 Å². The van der Waals surface area contributed by atoms with Crippen LogP contribution in [0.15, 0.2) is 83.1 Å². The number of nitrogens with two attached hydrogens (primary N) is 2. The van der Waals surface area contributed by atoms with E-state index in [0.717, 1.165) is 62.8 Å². The summed E-state index contributed by atoms with van der Waals surface area (Å²) < 4.78 is 6.35. The monoisotopic (exact) mass is 654 g/mol. The second kappa shape index (κ2) is 21.2. The lowest BCUT2D eigenvalue weighted by atomic mass is 10.0. The molecule has 3 aromatic rings. The Morgan fingerprint density at radius 2 is 1.67 bits per heavy atom. The van der Waals surface area contributed by atoms with Crippen LogP contribution in [0.5, 0.6) is 0 Å². The summed E-state index contributed by atoms with van der Waals surface area (Å²) in [6.45, 7) is 3.85. The van der Waals surface area contributed by atoms with Crippen molar-refractivity contribution in [2.24, 2.45) is 16.5 Å². The Balaban J connectivity index is 1.22. The topological polar surface area (TPSA) is 157 Å². The third kappa shape index (κ3) is 15.3. The van der Waals surface area contributed by atoms with Crippen molar-refractivity contribution in [3.63, 3.8) is 0 Å². The number of hydrogen-bond donors (Lipinski definition) is 4. The highest BCUT2D eigenvalue weighted by atomic mass is 32.2. The Bertz CT molecular complexity index is 1260. The summed E-state index contributed by atoms with van der Waals surface area (Å²) in [5.74, 6) is 1.91. The van der Waals surface area contributed by atoms with Gasteiger partial charge in [0.15, 0.2) is 11.8 Å². The second-order valence-electron chi connectivity index (χ2n) is 10.5. The van der Waals surface area contributed by atoms with Crippen molar-refractivity contribution in [2.75, 3.05) is 45.6 Å². The molecule has 1 aromatic heterocycles. The van der Waals surface area contributed by atoms with Crippen molar-refractivity contribution in [3.05, 3.63) is 105 Å². The van der Waals surface area contributed by atoms with Crippen LogP contribution in [0.25, 0.3) is 0 Å². The van der Waals surface area contributed by atoms with Crippen LogP contribution in [0.4, 0.5) is 5.13 Å². The van der Waals surface area contributed by atoms with Crippen LogP contribution in [-0.4, -0.2) is 66.4 Å². The van der Waals surface area contributed by atoms with Gasteiger partial charge in [-0.3, -0.25) is 10.1 Å². The molecule has 13 heteroatoms. The fraction of sp³-hybridized carbons (Fsp3) is 0.438. The minimum absolute atomic E-state index is 0.0110. The lowest BCUT2D eigenvalue weighted by molar-refractivity contribution is -0.404. The molecule has 0 aliphatic rings. The van der Waals surface area contributed by atoms with Crippen LogP contribution in [0.2, 0.25) is 0 Å². The number of nitro groups is 1. The van der Waals surface area contributed by atoms with E-state index in [1.807, 2.05) is 17.5 Å². The summed E-state index contributed by atoms with van der Waals surface area (Å²) in [4.78, 5) is 21.2. The van der Waals surface area contributed by atoms with E-state index in [1.165, 1.54) is 22.5 Å². The first-order chi connectivity index (χ1) is 21.9. The van der Waals surface area contributed by atoms with Crippen LogP contribution in [-0.2, 0) is 10.5 Å². The van der Waals surface area contributed by atoms with E-state index in [0.29, 0.717) is 36.4 Å². The zero-order chi connectivity index (χ0) is 32.1. The lowest BCUT2D eigenvalue weighted by Crippen LogP contribution is -2.29. The molecule has 0 aliphatic heterocycles. The quantitative estimate of drug-likeness (QED) is 0.0351. The molecule has 0 fully saturated rings. The number of hydrogen-bond acceptors (Lipinski definition) is 10. The van der Waals surface area contributed by atoms with Crippen LogP contribution < -0.4 is 22.1 Å². The summed E-state index contributed by atoms with van der Waals surface area (Å²) in [5, 5.41) is 19.8. The molecule has 0 aliphatic carbocycles. The Morgan fingerprint density at radius 3 is 2.33 bits per heavy atom. The van der Waals surface area contributed by atoms with Gasteiger partial charge in [-0.2, -0.15) is 16.8 Å². The van der Waals surface area contributed by atoms with Gasteiger partial charge in [0.1, 0.15) is 6.10 Å². The number of aromatic nitrogens is 1. The van der Waals surface area contributed by atoms with Gasteiger partial charge in [0.05, 0.1) is 17.2 Å². The maximum absolute atomic E-state index is 11.1. The number of thioether (sulfide) groups is 1. The van der Waals surface area contributed by atoms with Gasteiger partial charge in [0.2, 0.25) is 5.13 Å². The van der Waals surface area contributed by atoms with Gasteiger partial charge in [-0.05, 0) is 37.6 Å². The molecule has 2 aromatic carbocycles. The number of likely N-dealkylation sites (N-methyl/N-ethyl adjacent to an activating group) is 1. The number of thiazole rings is 1. The molecule has 0 atom stereocenters. The van der Waals surface area contributed by atoms with Crippen LogP contribution >= 0.6 is 23.1 Å². The highest BCUT2D eigenvalue weighted by molar-refractivity contribution is 7.98. The normalized spacial score (nSPS) is 11.6. The molecule has 0 bridgehead atoms. The van der Waals surface area contributed by atoms with Gasteiger partial charge in [-0.1, -0.05) is 79.9 Å². The Hall–Kier alpha value is -3.65. The van der Waals surface area contributed by atoms with E-state index < -0.39 is 4.92 Å². The Kier molecular flexibility index (Phi) is 16.8. The van der Waals surface area contributed by atoms with Gasteiger partial charge in [-0.15, -0.1) is 11.3 Å². The van der Waals surface area contributed by atoms with Crippen molar-refractivity contribution in [1.82, 2.24) is 20.5 Å². The van der Waals surface area contributed by atoms with Gasteiger partial charge < -0.3 is 31.7 Å². The van der Waals surface area contributed by atoms with E-state index in [1.54, 1.807) is 11.8 Å². The minimum Gasteiger partial charge on any atom is -0.370 e.